The molecule has 0 saturated carbocycles. The van der Waals surface area contributed by atoms with Crippen LogP contribution in [0.3, 0.4) is 0 Å². The zero-order valence-electron chi connectivity index (χ0n) is 12.2. The van der Waals surface area contributed by atoms with E-state index in [0.29, 0.717) is 12.2 Å². The molecule has 0 unspecified atom stereocenters. The van der Waals surface area contributed by atoms with Crippen molar-refractivity contribution in [3.8, 4) is 0 Å². The number of carbonyl (C=O) groups excluding carboxylic acids is 1. The van der Waals surface area contributed by atoms with E-state index in [1.54, 1.807) is 0 Å². The van der Waals surface area contributed by atoms with Gasteiger partial charge in [0.1, 0.15) is 0 Å². The van der Waals surface area contributed by atoms with Gasteiger partial charge in [0.05, 0.1) is 12.1 Å². The summed E-state index contributed by atoms with van der Waals surface area (Å²) in [4.78, 5) is 18.5. The average molecular weight is 284 g/mol. The highest BCUT2D eigenvalue weighted by atomic mass is 16.2. The van der Waals surface area contributed by atoms with Crippen LogP contribution >= 0.6 is 0 Å². The molecule has 3 N–H and O–H groups in total. The van der Waals surface area contributed by atoms with Gasteiger partial charge in [0.2, 0.25) is 5.91 Å². The lowest BCUT2D eigenvalue weighted by Gasteiger charge is -2.17. The summed E-state index contributed by atoms with van der Waals surface area (Å²) in [5.41, 5.74) is 9.28. The first kappa shape index (κ1) is 13.7. The molecule has 0 spiro atoms. The standard InChI is InChI=1S/C16H20N4O/c1-11-8-15(13-9-12(17)4-5-14(13)19-11)18-10-16(21)20-6-2-3-7-20/h4-5,8-9H,2-3,6-7,10,17H2,1H3,(H,18,19). The van der Waals surface area contributed by atoms with Gasteiger partial charge in [-0.25, -0.2) is 0 Å². The monoisotopic (exact) mass is 284 g/mol. The van der Waals surface area contributed by atoms with E-state index in [1.807, 2.05) is 36.1 Å². The van der Waals surface area contributed by atoms with E-state index in [0.717, 1.165) is 48.2 Å². The van der Waals surface area contributed by atoms with E-state index in [-0.39, 0.29) is 5.91 Å². The van der Waals surface area contributed by atoms with E-state index < -0.39 is 0 Å². The van der Waals surface area contributed by atoms with Crippen molar-refractivity contribution in [3.63, 3.8) is 0 Å². The number of hydrogen-bond donors (Lipinski definition) is 2. The van der Waals surface area contributed by atoms with E-state index in [2.05, 4.69) is 10.3 Å². The van der Waals surface area contributed by atoms with E-state index in [4.69, 9.17) is 5.73 Å². The summed E-state index contributed by atoms with van der Waals surface area (Å²) in [6, 6.07) is 7.60. The number of amides is 1. The number of aryl methyl sites for hydroxylation is 1. The number of nitrogen functional groups attached to an aromatic ring is 1. The van der Waals surface area contributed by atoms with Crippen molar-refractivity contribution < 1.29 is 4.79 Å². The lowest BCUT2D eigenvalue weighted by molar-refractivity contribution is -0.128. The highest BCUT2D eigenvalue weighted by Crippen LogP contribution is 2.25. The van der Waals surface area contributed by atoms with Crippen molar-refractivity contribution in [1.29, 1.82) is 0 Å². The maximum absolute atomic E-state index is 12.1. The molecule has 2 heterocycles. The fourth-order valence-electron chi connectivity index (χ4n) is 2.77. The Hall–Kier alpha value is -2.30. The molecule has 3 rings (SSSR count). The van der Waals surface area contributed by atoms with Gasteiger partial charge >= 0.3 is 0 Å². The Morgan fingerprint density at radius 1 is 1.33 bits per heavy atom. The first-order valence-electron chi connectivity index (χ1n) is 7.32. The van der Waals surface area contributed by atoms with Gasteiger partial charge in [-0.2, -0.15) is 0 Å². The summed E-state index contributed by atoms with van der Waals surface area (Å²) < 4.78 is 0. The fraction of sp³-hybridized carbons (Fsp3) is 0.375. The Morgan fingerprint density at radius 2 is 2.10 bits per heavy atom. The molecule has 110 valence electrons. The van der Waals surface area contributed by atoms with Crippen molar-refractivity contribution in [2.75, 3.05) is 30.7 Å². The van der Waals surface area contributed by atoms with Gasteiger partial charge in [0.15, 0.2) is 0 Å². The smallest absolute Gasteiger partial charge is 0.241 e. The van der Waals surface area contributed by atoms with Crippen LogP contribution in [0.15, 0.2) is 24.3 Å². The minimum Gasteiger partial charge on any atom is -0.399 e. The van der Waals surface area contributed by atoms with Gasteiger partial charge in [-0.3, -0.25) is 9.78 Å². The second-order valence-corrected chi connectivity index (χ2v) is 5.53. The highest BCUT2D eigenvalue weighted by Gasteiger charge is 2.17. The number of nitrogens with zero attached hydrogens (tertiary/aromatic N) is 2. The van der Waals surface area contributed by atoms with Crippen LogP contribution < -0.4 is 11.1 Å². The third kappa shape index (κ3) is 2.91. The van der Waals surface area contributed by atoms with Crippen molar-refractivity contribution in [1.82, 2.24) is 9.88 Å². The second-order valence-electron chi connectivity index (χ2n) is 5.53. The highest BCUT2D eigenvalue weighted by molar-refractivity contribution is 5.95. The van der Waals surface area contributed by atoms with Crippen molar-refractivity contribution >= 4 is 28.2 Å². The number of hydrogen-bond acceptors (Lipinski definition) is 4. The summed E-state index contributed by atoms with van der Waals surface area (Å²) in [7, 11) is 0. The molecule has 0 radical (unpaired) electrons. The van der Waals surface area contributed by atoms with Crippen molar-refractivity contribution in [2.45, 2.75) is 19.8 Å². The summed E-state index contributed by atoms with van der Waals surface area (Å²) in [6.07, 6.45) is 2.22. The van der Waals surface area contributed by atoms with Gasteiger partial charge in [-0.15, -0.1) is 0 Å². The molecule has 0 aliphatic carbocycles. The van der Waals surface area contributed by atoms with Gasteiger partial charge in [-0.05, 0) is 44.0 Å². The summed E-state index contributed by atoms with van der Waals surface area (Å²) in [5.74, 6) is 0.152. The second kappa shape index (κ2) is 5.60. The third-order valence-corrected chi connectivity index (χ3v) is 3.85. The minimum atomic E-state index is 0.152. The summed E-state index contributed by atoms with van der Waals surface area (Å²) in [6.45, 7) is 4.02. The normalized spacial score (nSPS) is 14.6. The molecule has 1 amide bonds. The van der Waals surface area contributed by atoms with Crippen LogP contribution in [0, 0.1) is 6.92 Å². The summed E-state index contributed by atoms with van der Waals surface area (Å²) >= 11 is 0. The van der Waals surface area contributed by atoms with Gasteiger partial charge in [-0.1, -0.05) is 0 Å². The molecule has 1 aliphatic heterocycles. The number of nitrogens with two attached hydrogens (primary N) is 1. The lowest BCUT2D eigenvalue weighted by Crippen LogP contribution is -2.33. The predicted octanol–water partition coefficient (Wildman–Crippen LogP) is 2.16. The largest absolute Gasteiger partial charge is 0.399 e. The number of rotatable bonds is 3. The Balaban J connectivity index is 1.82. The molecule has 2 aromatic rings. The van der Waals surface area contributed by atoms with Crippen LogP contribution in [-0.4, -0.2) is 35.4 Å². The number of nitrogens with one attached hydrogen (secondary N) is 1. The maximum Gasteiger partial charge on any atom is 0.241 e. The van der Waals surface area contributed by atoms with Gasteiger partial charge < -0.3 is 16.0 Å². The number of fused-ring (bicyclic) bond motifs is 1. The van der Waals surface area contributed by atoms with Crippen LogP contribution in [0.1, 0.15) is 18.5 Å². The molecule has 0 atom stereocenters. The minimum absolute atomic E-state index is 0.152. The molecule has 1 fully saturated rings. The molecule has 5 heteroatoms. The molecule has 5 nitrogen and oxygen atoms in total. The SMILES string of the molecule is Cc1cc(NCC(=O)N2CCCC2)c2cc(N)ccc2n1. The summed E-state index contributed by atoms with van der Waals surface area (Å²) in [5, 5.41) is 4.20. The van der Waals surface area contributed by atoms with E-state index >= 15 is 0 Å². The molecule has 1 aromatic carbocycles. The maximum atomic E-state index is 12.1. The topological polar surface area (TPSA) is 71.2 Å². The first-order valence-corrected chi connectivity index (χ1v) is 7.32. The quantitative estimate of drug-likeness (QED) is 0.847. The number of pyridine rings is 1. The number of likely N-dealkylation sites (tertiary alicyclic amines) is 1. The van der Waals surface area contributed by atoms with Crippen LogP contribution in [-0.2, 0) is 4.79 Å². The first-order chi connectivity index (χ1) is 10.1. The van der Waals surface area contributed by atoms with E-state index in [1.165, 1.54) is 0 Å². The Morgan fingerprint density at radius 3 is 2.86 bits per heavy atom. The van der Waals surface area contributed by atoms with Gasteiger partial charge in [0.25, 0.3) is 0 Å². The third-order valence-electron chi connectivity index (χ3n) is 3.85. The molecular formula is C16H20N4O. The zero-order valence-corrected chi connectivity index (χ0v) is 12.2. The fourth-order valence-corrected chi connectivity index (χ4v) is 2.77. The predicted molar refractivity (Wildman–Crippen MR) is 85.2 cm³/mol. The van der Waals surface area contributed by atoms with E-state index in [9.17, 15) is 4.79 Å². The molecule has 1 aliphatic rings. The number of benzene rings is 1. The average Bonchev–Trinajstić information content (AvgIpc) is 2.99. The van der Waals surface area contributed by atoms with Crippen LogP contribution in [0.25, 0.3) is 10.9 Å². The van der Waals surface area contributed by atoms with Crippen LogP contribution in [0.4, 0.5) is 11.4 Å². The molecule has 21 heavy (non-hydrogen) atoms. The lowest BCUT2D eigenvalue weighted by atomic mass is 10.1. The molecule has 0 bridgehead atoms. The molecule has 1 saturated heterocycles. The van der Waals surface area contributed by atoms with Crippen molar-refractivity contribution in [3.05, 3.63) is 30.0 Å². The number of aromatic nitrogens is 1. The number of anilines is 2. The molecule has 1 aromatic heterocycles. The zero-order chi connectivity index (χ0) is 14.8. The van der Waals surface area contributed by atoms with Gasteiger partial charge in [0, 0.05) is 35.5 Å². The number of carbonyl (C=O) groups is 1. The Kier molecular flexibility index (Phi) is 3.64. The van der Waals surface area contributed by atoms with Crippen LogP contribution in [0.2, 0.25) is 0 Å². The molecular weight excluding hydrogens is 264 g/mol. The van der Waals surface area contributed by atoms with Crippen molar-refractivity contribution in [2.24, 2.45) is 0 Å². The Bertz CT molecular complexity index is 677. The van der Waals surface area contributed by atoms with Crippen LogP contribution in [0.5, 0.6) is 0 Å². The Labute approximate surface area is 124 Å².